The van der Waals surface area contributed by atoms with Crippen LogP contribution in [0.3, 0.4) is 0 Å². The van der Waals surface area contributed by atoms with E-state index in [-0.39, 0.29) is 6.10 Å². The maximum atomic E-state index is 6.16. The molecule has 27 heavy (non-hydrogen) atoms. The third kappa shape index (κ3) is 5.06. The fourth-order valence-electron chi connectivity index (χ4n) is 3.54. The third-order valence-corrected chi connectivity index (χ3v) is 5.88. The molecule has 3 aromatic rings. The van der Waals surface area contributed by atoms with Gasteiger partial charge in [-0.1, -0.05) is 0 Å². The van der Waals surface area contributed by atoms with Gasteiger partial charge in [0.05, 0.1) is 6.54 Å². The molecule has 4 nitrogen and oxygen atoms in total. The first-order valence-corrected chi connectivity index (χ1v) is 10.4. The number of furan rings is 1. The van der Waals surface area contributed by atoms with Gasteiger partial charge in [0.1, 0.15) is 17.6 Å². The van der Waals surface area contributed by atoms with E-state index in [1.165, 1.54) is 21.7 Å². The van der Waals surface area contributed by atoms with E-state index in [4.69, 9.17) is 9.15 Å². The molecule has 0 aromatic carbocycles. The van der Waals surface area contributed by atoms with Crippen LogP contribution in [0.2, 0.25) is 0 Å². The summed E-state index contributed by atoms with van der Waals surface area (Å²) in [5.41, 5.74) is 1.26. The van der Waals surface area contributed by atoms with Gasteiger partial charge in [0.15, 0.2) is 0 Å². The molecule has 142 valence electrons. The van der Waals surface area contributed by atoms with Gasteiger partial charge >= 0.3 is 0 Å². The van der Waals surface area contributed by atoms with E-state index in [1.807, 2.05) is 23.7 Å². The molecule has 1 aliphatic rings. The van der Waals surface area contributed by atoms with Crippen LogP contribution in [0.15, 0.2) is 53.2 Å². The van der Waals surface area contributed by atoms with E-state index in [9.17, 15) is 0 Å². The lowest BCUT2D eigenvalue weighted by molar-refractivity contribution is 0.000787. The van der Waals surface area contributed by atoms with Crippen LogP contribution in [-0.4, -0.2) is 16.5 Å². The van der Waals surface area contributed by atoms with Crippen molar-refractivity contribution >= 4 is 11.3 Å². The minimum atomic E-state index is 0.126. The summed E-state index contributed by atoms with van der Waals surface area (Å²) < 4.78 is 12.0. The SMILES string of the molecule is Cc1ccc(CN(Cc2ccncc2)Cc2ccc([C@@H]3CCCCO3)o2)s1. The second-order valence-electron chi connectivity index (χ2n) is 7.17. The topological polar surface area (TPSA) is 38.5 Å². The normalized spacial score (nSPS) is 17.5. The average Bonchev–Trinajstić information content (AvgIpc) is 3.32. The fourth-order valence-corrected chi connectivity index (χ4v) is 4.48. The predicted molar refractivity (Wildman–Crippen MR) is 107 cm³/mol. The van der Waals surface area contributed by atoms with Gasteiger partial charge in [0.2, 0.25) is 0 Å². The van der Waals surface area contributed by atoms with Gasteiger partial charge in [-0.05, 0) is 68.1 Å². The molecular formula is C22H26N2O2S. The van der Waals surface area contributed by atoms with Crippen molar-refractivity contribution in [2.45, 2.75) is 51.9 Å². The van der Waals surface area contributed by atoms with Crippen LogP contribution in [0.25, 0.3) is 0 Å². The Balaban J connectivity index is 1.47. The smallest absolute Gasteiger partial charge is 0.133 e. The van der Waals surface area contributed by atoms with Crippen molar-refractivity contribution in [1.82, 2.24) is 9.88 Å². The van der Waals surface area contributed by atoms with E-state index in [1.54, 1.807) is 0 Å². The highest BCUT2D eigenvalue weighted by molar-refractivity contribution is 7.11. The molecule has 5 heteroatoms. The lowest BCUT2D eigenvalue weighted by Crippen LogP contribution is -2.21. The zero-order valence-electron chi connectivity index (χ0n) is 15.8. The molecule has 0 saturated carbocycles. The zero-order chi connectivity index (χ0) is 18.5. The number of hydrogen-bond donors (Lipinski definition) is 0. The van der Waals surface area contributed by atoms with Gasteiger partial charge in [-0.3, -0.25) is 9.88 Å². The molecule has 1 fully saturated rings. The molecule has 0 amide bonds. The summed E-state index contributed by atoms with van der Waals surface area (Å²) >= 11 is 1.86. The van der Waals surface area contributed by atoms with Crippen molar-refractivity contribution in [2.75, 3.05) is 6.61 Å². The molecule has 0 bridgehead atoms. The minimum Gasteiger partial charge on any atom is -0.462 e. The van der Waals surface area contributed by atoms with Crippen LogP contribution in [0.4, 0.5) is 0 Å². The zero-order valence-corrected chi connectivity index (χ0v) is 16.6. The molecule has 3 aromatic heterocycles. The van der Waals surface area contributed by atoms with Crippen LogP contribution in [0, 0.1) is 6.92 Å². The van der Waals surface area contributed by atoms with Crippen molar-refractivity contribution in [2.24, 2.45) is 0 Å². The Kier molecular flexibility index (Phi) is 6.02. The summed E-state index contributed by atoms with van der Waals surface area (Å²) in [6.45, 7) is 5.56. The van der Waals surface area contributed by atoms with E-state index >= 15 is 0 Å². The van der Waals surface area contributed by atoms with Crippen molar-refractivity contribution in [3.8, 4) is 0 Å². The summed E-state index contributed by atoms with van der Waals surface area (Å²) in [6, 6.07) is 12.8. The molecule has 1 atom stereocenters. The Morgan fingerprint density at radius 2 is 1.93 bits per heavy atom. The second kappa shape index (κ2) is 8.83. The van der Waals surface area contributed by atoms with Gasteiger partial charge in [-0.25, -0.2) is 0 Å². The lowest BCUT2D eigenvalue weighted by Gasteiger charge is -2.22. The molecule has 4 heterocycles. The Morgan fingerprint density at radius 1 is 1.04 bits per heavy atom. The molecule has 0 spiro atoms. The molecule has 4 rings (SSSR count). The maximum absolute atomic E-state index is 6.16. The van der Waals surface area contributed by atoms with Gasteiger partial charge < -0.3 is 9.15 Å². The summed E-state index contributed by atoms with van der Waals surface area (Å²) in [7, 11) is 0. The number of ether oxygens (including phenoxy) is 1. The number of aryl methyl sites for hydroxylation is 1. The summed E-state index contributed by atoms with van der Waals surface area (Å²) in [5, 5.41) is 0. The van der Waals surface area contributed by atoms with Crippen LogP contribution in [0.5, 0.6) is 0 Å². The van der Waals surface area contributed by atoms with E-state index in [0.717, 1.165) is 50.6 Å². The first-order chi connectivity index (χ1) is 13.3. The molecule has 0 unspecified atom stereocenters. The summed E-state index contributed by atoms with van der Waals surface area (Å²) in [6.07, 6.45) is 7.27. The lowest BCUT2D eigenvalue weighted by atomic mass is 10.1. The molecule has 0 N–H and O–H groups in total. The summed E-state index contributed by atoms with van der Waals surface area (Å²) in [4.78, 5) is 9.28. The summed E-state index contributed by atoms with van der Waals surface area (Å²) in [5.74, 6) is 1.97. The van der Waals surface area contributed by atoms with E-state index < -0.39 is 0 Å². The number of aromatic nitrogens is 1. The van der Waals surface area contributed by atoms with Crippen LogP contribution >= 0.6 is 11.3 Å². The largest absolute Gasteiger partial charge is 0.462 e. The van der Waals surface area contributed by atoms with Crippen LogP contribution in [-0.2, 0) is 24.4 Å². The van der Waals surface area contributed by atoms with Crippen molar-refractivity contribution in [1.29, 1.82) is 0 Å². The van der Waals surface area contributed by atoms with E-state index in [0.29, 0.717) is 0 Å². The van der Waals surface area contributed by atoms with Crippen LogP contribution < -0.4 is 0 Å². The highest BCUT2D eigenvalue weighted by atomic mass is 32.1. The molecule has 1 saturated heterocycles. The number of hydrogen-bond acceptors (Lipinski definition) is 5. The number of rotatable bonds is 7. The Labute approximate surface area is 164 Å². The Bertz CT molecular complexity index is 837. The van der Waals surface area contributed by atoms with Gasteiger partial charge in [-0.15, -0.1) is 11.3 Å². The molecule has 1 aliphatic heterocycles. The number of nitrogens with zero attached hydrogens (tertiary/aromatic N) is 2. The quantitative estimate of drug-likeness (QED) is 0.542. The third-order valence-electron chi connectivity index (χ3n) is 4.89. The number of pyridine rings is 1. The average molecular weight is 383 g/mol. The van der Waals surface area contributed by atoms with Crippen molar-refractivity contribution in [3.63, 3.8) is 0 Å². The maximum Gasteiger partial charge on any atom is 0.133 e. The first kappa shape index (κ1) is 18.4. The van der Waals surface area contributed by atoms with E-state index in [2.05, 4.69) is 53.2 Å². The molecule has 0 radical (unpaired) electrons. The Hall–Kier alpha value is -1.95. The highest BCUT2D eigenvalue weighted by Crippen LogP contribution is 2.29. The molecule has 0 aliphatic carbocycles. The minimum absolute atomic E-state index is 0.126. The van der Waals surface area contributed by atoms with Gasteiger partial charge in [-0.2, -0.15) is 0 Å². The Morgan fingerprint density at radius 3 is 2.67 bits per heavy atom. The van der Waals surface area contributed by atoms with Gasteiger partial charge in [0.25, 0.3) is 0 Å². The van der Waals surface area contributed by atoms with Crippen LogP contribution in [0.1, 0.15) is 52.2 Å². The van der Waals surface area contributed by atoms with Gasteiger partial charge in [0, 0.05) is 41.8 Å². The fraction of sp³-hybridized carbons (Fsp3) is 0.409. The van der Waals surface area contributed by atoms with Crippen molar-refractivity contribution in [3.05, 3.63) is 75.6 Å². The second-order valence-corrected chi connectivity index (χ2v) is 8.54. The molecular weight excluding hydrogens is 356 g/mol. The van der Waals surface area contributed by atoms with Crippen molar-refractivity contribution < 1.29 is 9.15 Å². The highest BCUT2D eigenvalue weighted by Gasteiger charge is 2.20. The monoisotopic (exact) mass is 382 g/mol. The first-order valence-electron chi connectivity index (χ1n) is 9.63. The number of thiophene rings is 1. The predicted octanol–water partition coefficient (Wildman–Crippen LogP) is 5.49. The standard InChI is InChI=1S/C22H26N2O2S/c1-17-5-7-20(27-17)16-24(14-18-9-11-23-12-10-18)15-19-6-8-22(26-19)21-4-2-3-13-25-21/h5-12,21H,2-4,13-16H2,1H3/t21-/m0/s1.